The maximum atomic E-state index is 12.3. The molecule has 1 aliphatic rings. The Hall–Kier alpha value is -1.08. The lowest BCUT2D eigenvalue weighted by molar-refractivity contribution is 0.197. The van der Waals surface area contributed by atoms with Crippen molar-refractivity contribution in [2.45, 2.75) is 19.4 Å². The molecule has 2 amide bonds. The number of hydrogen-bond donors (Lipinski definition) is 1. The molecule has 1 aliphatic heterocycles. The van der Waals surface area contributed by atoms with Crippen molar-refractivity contribution in [1.29, 1.82) is 0 Å². The van der Waals surface area contributed by atoms with Crippen molar-refractivity contribution in [2.75, 3.05) is 23.4 Å². The first-order valence-electron chi connectivity index (χ1n) is 6.45. The standard InChI is InChI=1S/C13H17BrN2O3S/c1-2-16(12-6-7-20(18,19)9-12)13(17)15-11-5-3-4-10(14)8-11/h3-5,8,12H,2,6-7,9H2,1H3,(H,15,17). The molecule has 7 heteroatoms. The first kappa shape index (κ1) is 15.3. The van der Waals surface area contributed by atoms with Gasteiger partial charge in [0.25, 0.3) is 0 Å². The van der Waals surface area contributed by atoms with E-state index in [-0.39, 0.29) is 23.6 Å². The number of carbonyl (C=O) groups is 1. The Morgan fingerprint density at radius 2 is 2.25 bits per heavy atom. The quantitative estimate of drug-likeness (QED) is 0.900. The lowest BCUT2D eigenvalue weighted by Crippen LogP contribution is -2.43. The third kappa shape index (κ3) is 3.73. The highest BCUT2D eigenvalue weighted by Crippen LogP contribution is 2.20. The molecule has 1 aromatic rings. The zero-order valence-corrected chi connectivity index (χ0v) is 13.6. The fourth-order valence-electron chi connectivity index (χ4n) is 2.35. The number of nitrogens with zero attached hydrogens (tertiary/aromatic N) is 1. The van der Waals surface area contributed by atoms with Gasteiger partial charge in [-0.25, -0.2) is 13.2 Å². The number of hydrogen-bond acceptors (Lipinski definition) is 3. The van der Waals surface area contributed by atoms with Crippen molar-refractivity contribution in [3.05, 3.63) is 28.7 Å². The molecule has 110 valence electrons. The predicted octanol–water partition coefficient (Wildman–Crippen LogP) is 2.49. The average molecular weight is 361 g/mol. The molecule has 0 saturated carbocycles. The van der Waals surface area contributed by atoms with E-state index in [9.17, 15) is 13.2 Å². The highest BCUT2D eigenvalue weighted by atomic mass is 79.9. The molecule has 5 nitrogen and oxygen atoms in total. The summed E-state index contributed by atoms with van der Waals surface area (Å²) >= 11 is 3.34. The van der Waals surface area contributed by atoms with Crippen molar-refractivity contribution in [3.63, 3.8) is 0 Å². The molecule has 0 aromatic heterocycles. The summed E-state index contributed by atoms with van der Waals surface area (Å²) in [6.45, 7) is 2.34. The minimum atomic E-state index is -2.99. The van der Waals surface area contributed by atoms with Gasteiger partial charge in [-0.05, 0) is 31.5 Å². The van der Waals surface area contributed by atoms with Gasteiger partial charge in [0.1, 0.15) is 0 Å². The molecule has 2 rings (SSSR count). The minimum absolute atomic E-state index is 0.0622. The molecular weight excluding hydrogens is 344 g/mol. The summed E-state index contributed by atoms with van der Waals surface area (Å²) in [5, 5.41) is 2.80. The highest BCUT2D eigenvalue weighted by molar-refractivity contribution is 9.10. The first-order chi connectivity index (χ1) is 9.41. The second kappa shape index (κ2) is 6.13. The van der Waals surface area contributed by atoms with E-state index in [2.05, 4.69) is 21.2 Å². The van der Waals surface area contributed by atoms with E-state index < -0.39 is 9.84 Å². The number of carbonyl (C=O) groups excluding carboxylic acids is 1. The molecule has 0 spiro atoms. The van der Waals surface area contributed by atoms with E-state index in [4.69, 9.17) is 0 Å². The van der Waals surface area contributed by atoms with Crippen LogP contribution in [0.15, 0.2) is 28.7 Å². The van der Waals surface area contributed by atoms with Crippen LogP contribution >= 0.6 is 15.9 Å². The van der Waals surface area contributed by atoms with Crippen molar-refractivity contribution in [3.8, 4) is 0 Å². The topological polar surface area (TPSA) is 66.5 Å². The van der Waals surface area contributed by atoms with Gasteiger partial charge in [-0.1, -0.05) is 22.0 Å². The van der Waals surface area contributed by atoms with Gasteiger partial charge in [0.15, 0.2) is 9.84 Å². The lowest BCUT2D eigenvalue weighted by Gasteiger charge is -2.27. The Labute approximate surface area is 127 Å². The van der Waals surface area contributed by atoms with Gasteiger partial charge in [-0.15, -0.1) is 0 Å². The van der Waals surface area contributed by atoms with Crippen LogP contribution in [0.4, 0.5) is 10.5 Å². The van der Waals surface area contributed by atoms with Gasteiger partial charge in [0.05, 0.1) is 11.5 Å². The molecule has 1 atom stereocenters. The number of halogens is 1. The van der Waals surface area contributed by atoms with E-state index in [1.807, 2.05) is 19.1 Å². The SMILES string of the molecule is CCN(C(=O)Nc1cccc(Br)c1)C1CCS(=O)(=O)C1. The smallest absolute Gasteiger partial charge is 0.321 e. The number of benzene rings is 1. The van der Waals surface area contributed by atoms with Gasteiger partial charge >= 0.3 is 6.03 Å². The Balaban J connectivity index is 2.06. The number of sulfone groups is 1. The van der Waals surface area contributed by atoms with E-state index in [0.29, 0.717) is 18.7 Å². The Kier molecular flexibility index (Phi) is 4.70. The van der Waals surface area contributed by atoms with Crippen LogP contribution in [0, 0.1) is 0 Å². The number of urea groups is 1. The van der Waals surface area contributed by atoms with Gasteiger partial charge < -0.3 is 10.2 Å². The van der Waals surface area contributed by atoms with Gasteiger partial charge in [-0.2, -0.15) is 0 Å². The van der Waals surface area contributed by atoms with Crippen LogP contribution in [0.25, 0.3) is 0 Å². The van der Waals surface area contributed by atoms with Crippen molar-refractivity contribution >= 4 is 37.5 Å². The van der Waals surface area contributed by atoms with Gasteiger partial charge in [0.2, 0.25) is 0 Å². The van der Waals surface area contributed by atoms with Crippen LogP contribution in [-0.2, 0) is 9.84 Å². The van der Waals surface area contributed by atoms with E-state index in [0.717, 1.165) is 4.47 Å². The first-order valence-corrected chi connectivity index (χ1v) is 9.06. The zero-order chi connectivity index (χ0) is 14.8. The summed E-state index contributed by atoms with van der Waals surface area (Å²) in [6, 6.07) is 6.82. The minimum Gasteiger partial charge on any atom is -0.321 e. The number of nitrogens with one attached hydrogen (secondary N) is 1. The van der Waals surface area contributed by atoms with Crippen LogP contribution in [0.2, 0.25) is 0 Å². The Morgan fingerprint density at radius 3 is 2.80 bits per heavy atom. The van der Waals surface area contributed by atoms with Crippen LogP contribution < -0.4 is 5.32 Å². The third-order valence-corrected chi connectivity index (χ3v) is 5.57. The van der Waals surface area contributed by atoms with E-state index in [1.165, 1.54) is 0 Å². The van der Waals surface area contributed by atoms with Crippen LogP contribution in [-0.4, -0.2) is 43.4 Å². The van der Waals surface area contributed by atoms with Crippen LogP contribution in [0.5, 0.6) is 0 Å². The molecule has 0 radical (unpaired) electrons. The zero-order valence-electron chi connectivity index (χ0n) is 11.2. The summed E-state index contributed by atoms with van der Waals surface area (Å²) in [4.78, 5) is 13.8. The molecule has 20 heavy (non-hydrogen) atoms. The fraction of sp³-hybridized carbons (Fsp3) is 0.462. The maximum Gasteiger partial charge on any atom is 0.322 e. The van der Waals surface area contributed by atoms with Crippen molar-refractivity contribution < 1.29 is 13.2 Å². The molecule has 0 aliphatic carbocycles. The third-order valence-electron chi connectivity index (χ3n) is 3.33. The summed E-state index contributed by atoms with van der Waals surface area (Å²) < 4.78 is 23.9. The molecular formula is C13H17BrN2O3S. The van der Waals surface area contributed by atoms with Gasteiger partial charge in [0, 0.05) is 22.7 Å². The molecule has 1 saturated heterocycles. The summed E-state index contributed by atoms with van der Waals surface area (Å²) in [6.07, 6.45) is 0.516. The predicted molar refractivity (Wildman–Crippen MR) is 82.6 cm³/mol. The molecule has 1 N–H and O–H groups in total. The molecule has 1 aromatic carbocycles. The maximum absolute atomic E-state index is 12.3. The largest absolute Gasteiger partial charge is 0.322 e. The number of amides is 2. The van der Waals surface area contributed by atoms with Crippen LogP contribution in [0.1, 0.15) is 13.3 Å². The van der Waals surface area contributed by atoms with Gasteiger partial charge in [-0.3, -0.25) is 0 Å². The second-order valence-electron chi connectivity index (χ2n) is 4.78. The average Bonchev–Trinajstić information content (AvgIpc) is 2.70. The molecule has 1 heterocycles. The summed E-state index contributed by atoms with van der Waals surface area (Å²) in [5.74, 6) is 0.227. The monoisotopic (exact) mass is 360 g/mol. The second-order valence-corrected chi connectivity index (χ2v) is 7.93. The lowest BCUT2D eigenvalue weighted by atomic mass is 10.2. The number of rotatable bonds is 3. The molecule has 1 unspecified atom stereocenters. The van der Waals surface area contributed by atoms with Crippen LogP contribution in [0.3, 0.4) is 0 Å². The highest BCUT2D eigenvalue weighted by Gasteiger charge is 2.33. The van der Waals surface area contributed by atoms with Crippen molar-refractivity contribution in [1.82, 2.24) is 4.90 Å². The Morgan fingerprint density at radius 1 is 1.50 bits per heavy atom. The van der Waals surface area contributed by atoms with Crippen molar-refractivity contribution in [2.24, 2.45) is 0 Å². The fourth-order valence-corrected chi connectivity index (χ4v) is 4.48. The number of anilines is 1. The van der Waals surface area contributed by atoms with E-state index in [1.54, 1.807) is 17.0 Å². The van der Waals surface area contributed by atoms with E-state index >= 15 is 0 Å². The summed E-state index contributed by atoms with van der Waals surface area (Å²) in [7, 11) is -2.99. The summed E-state index contributed by atoms with van der Waals surface area (Å²) in [5.41, 5.74) is 0.684. The Bertz CT molecular complexity index is 603. The molecule has 0 bridgehead atoms. The molecule has 1 fully saturated rings. The normalized spacial score (nSPS) is 20.6.